The molecule has 0 fully saturated rings. The van der Waals surface area contributed by atoms with E-state index < -0.39 is 0 Å². The fraction of sp³-hybridized carbons (Fsp3) is 0.350. The molecule has 0 atom stereocenters. The molecule has 1 aromatic heterocycles. The molecule has 126 valence electrons. The highest BCUT2D eigenvalue weighted by atomic mass is 16.2. The Morgan fingerprint density at radius 1 is 1.00 bits per heavy atom. The smallest absolute Gasteiger partial charge is 0.219 e. The van der Waals surface area contributed by atoms with Gasteiger partial charge in [-0.1, -0.05) is 31.2 Å². The van der Waals surface area contributed by atoms with E-state index >= 15 is 0 Å². The fourth-order valence-electron chi connectivity index (χ4n) is 2.61. The summed E-state index contributed by atoms with van der Waals surface area (Å²) in [6.07, 6.45) is 5.08. The molecule has 24 heavy (non-hydrogen) atoms. The molecular weight excluding hydrogens is 300 g/mol. The van der Waals surface area contributed by atoms with Gasteiger partial charge in [0.15, 0.2) is 5.78 Å². The van der Waals surface area contributed by atoms with Crippen LogP contribution in [-0.4, -0.2) is 28.1 Å². The number of benzene rings is 1. The largest absolute Gasteiger partial charge is 0.339 e. The number of ketones is 1. The maximum atomic E-state index is 11.6. The standard InChI is InChI=1S/C20H24N2O2/c1-4-9-22(16(3)24)14-18-7-5-17(6-8-18)10-19-11-20(15(2)23)13-21-12-19/h5-8,11-13H,4,9-10,14H2,1-3H3. The summed E-state index contributed by atoms with van der Waals surface area (Å²) in [4.78, 5) is 29.0. The lowest BCUT2D eigenvalue weighted by atomic mass is 10.0. The van der Waals surface area contributed by atoms with Crippen molar-refractivity contribution in [3.63, 3.8) is 0 Å². The number of nitrogens with zero attached hydrogens (tertiary/aromatic N) is 2. The molecule has 1 amide bonds. The molecule has 0 aliphatic heterocycles. The van der Waals surface area contributed by atoms with E-state index in [-0.39, 0.29) is 11.7 Å². The van der Waals surface area contributed by atoms with E-state index in [0.717, 1.165) is 36.1 Å². The molecule has 4 heteroatoms. The maximum Gasteiger partial charge on any atom is 0.219 e. The third kappa shape index (κ3) is 5.01. The minimum Gasteiger partial charge on any atom is -0.339 e. The van der Waals surface area contributed by atoms with Crippen LogP contribution in [-0.2, 0) is 17.8 Å². The van der Waals surface area contributed by atoms with E-state index in [1.807, 2.05) is 11.0 Å². The number of aromatic nitrogens is 1. The van der Waals surface area contributed by atoms with E-state index in [2.05, 4.69) is 36.2 Å². The summed E-state index contributed by atoms with van der Waals surface area (Å²) in [7, 11) is 0. The normalized spacial score (nSPS) is 10.5. The number of rotatable bonds is 7. The Labute approximate surface area is 143 Å². The molecule has 0 saturated heterocycles. The number of pyridine rings is 1. The third-order valence-corrected chi connectivity index (χ3v) is 3.94. The van der Waals surface area contributed by atoms with Crippen molar-refractivity contribution in [2.75, 3.05) is 6.54 Å². The molecule has 0 bridgehead atoms. The summed E-state index contributed by atoms with van der Waals surface area (Å²) < 4.78 is 0. The second kappa shape index (κ2) is 8.39. The average Bonchev–Trinajstić information content (AvgIpc) is 2.56. The van der Waals surface area contributed by atoms with Crippen LogP contribution in [0.5, 0.6) is 0 Å². The molecule has 0 N–H and O–H groups in total. The van der Waals surface area contributed by atoms with Gasteiger partial charge >= 0.3 is 0 Å². The quantitative estimate of drug-likeness (QED) is 0.731. The number of amides is 1. The topological polar surface area (TPSA) is 50.3 Å². The fourth-order valence-corrected chi connectivity index (χ4v) is 2.61. The molecule has 0 radical (unpaired) electrons. The third-order valence-electron chi connectivity index (χ3n) is 3.94. The first-order valence-electron chi connectivity index (χ1n) is 8.27. The Morgan fingerprint density at radius 2 is 1.67 bits per heavy atom. The van der Waals surface area contributed by atoms with Crippen LogP contribution >= 0.6 is 0 Å². The van der Waals surface area contributed by atoms with Gasteiger partial charge in [-0.2, -0.15) is 0 Å². The van der Waals surface area contributed by atoms with Crippen LogP contribution in [0.3, 0.4) is 0 Å². The highest BCUT2D eigenvalue weighted by Gasteiger charge is 2.08. The number of hydrogen-bond acceptors (Lipinski definition) is 3. The highest BCUT2D eigenvalue weighted by molar-refractivity contribution is 5.93. The van der Waals surface area contributed by atoms with Crippen molar-refractivity contribution in [3.8, 4) is 0 Å². The van der Waals surface area contributed by atoms with Gasteiger partial charge in [-0.3, -0.25) is 14.6 Å². The van der Waals surface area contributed by atoms with Crippen LogP contribution in [0.15, 0.2) is 42.7 Å². The SMILES string of the molecule is CCCN(Cc1ccc(Cc2cncc(C(C)=O)c2)cc1)C(C)=O. The van der Waals surface area contributed by atoms with E-state index in [0.29, 0.717) is 12.1 Å². The summed E-state index contributed by atoms with van der Waals surface area (Å²) in [6.45, 7) is 6.65. The monoisotopic (exact) mass is 324 g/mol. The molecule has 2 aromatic rings. The zero-order valence-electron chi connectivity index (χ0n) is 14.6. The van der Waals surface area contributed by atoms with Gasteiger partial charge in [-0.15, -0.1) is 0 Å². The summed E-state index contributed by atoms with van der Waals surface area (Å²) >= 11 is 0. The highest BCUT2D eigenvalue weighted by Crippen LogP contribution is 2.13. The number of Topliss-reactive ketones (excluding diaryl/α,β-unsaturated/α-hetero) is 1. The van der Waals surface area contributed by atoms with Crippen LogP contribution in [0, 0.1) is 0 Å². The molecule has 1 aromatic carbocycles. The van der Waals surface area contributed by atoms with Crippen LogP contribution in [0.25, 0.3) is 0 Å². The first-order chi connectivity index (χ1) is 11.5. The Morgan fingerprint density at radius 3 is 2.25 bits per heavy atom. The van der Waals surface area contributed by atoms with Crippen molar-refractivity contribution >= 4 is 11.7 Å². The van der Waals surface area contributed by atoms with E-state index in [1.165, 1.54) is 0 Å². The second-order valence-corrected chi connectivity index (χ2v) is 6.07. The molecule has 2 rings (SSSR count). The van der Waals surface area contributed by atoms with Gasteiger partial charge in [0.05, 0.1) is 0 Å². The Kier molecular flexibility index (Phi) is 6.24. The molecule has 0 aliphatic rings. The summed E-state index contributed by atoms with van der Waals surface area (Å²) in [5.74, 6) is 0.132. The van der Waals surface area contributed by atoms with E-state index in [9.17, 15) is 9.59 Å². The molecule has 0 saturated carbocycles. The summed E-state index contributed by atoms with van der Waals surface area (Å²) in [5, 5.41) is 0. The molecule has 4 nitrogen and oxygen atoms in total. The van der Waals surface area contributed by atoms with Crippen molar-refractivity contribution in [1.82, 2.24) is 9.88 Å². The van der Waals surface area contributed by atoms with Crippen molar-refractivity contribution in [1.29, 1.82) is 0 Å². The molecular formula is C20H24N2O2. The van der Waals surface area contributed by atoms with E-state index in [1.54, 1.807) is 26.2 Å². The van der Waals surface area contributed by atoms with Gasteiger partial charge in [0, 0.05) is 38.0 Å². The van der Waals surface area contributed by atoms with Gasteiger partial charge in [-0.05, 0) is 42.5 Å². The Hall–Kier alpha value is -2.49. The van der Waals surface area contributed by atoms with Crippen LogP contribution in [0.4, 0.5) is 0 Å². The minimum atomic E-state index is 0.0277. The zero-order valence-corrected chi connectivity index (χ0v) is 14.6. The van der Waals surface area contributed by atoms with Gasteiger partial charge in [-0.25, -0.2) is 0 Å². The van der Waals surface area contributed by atoms with Gasteiger partial charge in [0.1, 0.15) is 0 Å². The molecule has 0 aliphatic carbocycles. The van der Waals surface area contributed by atoms with Crippen molar-refractivity contribution < 1.29 is 9.59 Å². The number of carbonyl (C=O) groups excluding carboxylic acids is 2. The number of hydrogen-bond donors (Lipinski definition) is 0. The Bertz CT molecular complexity index is 708. The summed E-state index contributed by atoms with van der Waals surface area (Å²) in [6, 6.07) is 10.1. The maximum absolute atomic E-state index is 11.6. The van der Waals surface area contributed by atoms with Crippen molar-refractivity contribution in [3.05, 3.63) is 65.0 Å². The van der Waals surface area contributed by atoms with Crippen molar-refractivity contribution in [2.45, 2.75) is 40.2 Å². The Balaban J connectivity index is 2.05. The van der Waals surface area contributed by atoms with Gasteiger partial charge < -0.3 is 4.90 Å². The summed E-state index contributed by atoms with van der Waals surface area (Å²) in [5.41, 5.74) is 3.94. The van der Waals surface area contributed by atoms with Crippen LogP contribution < -0.4 is 0 Å². The zero-order chi connectivity index (χ0) is 17.5. The van der Waals surface area contributed by atoms with Gasteiger partial charge in [0.2, 0.25) is 5.91 Å². The number of carbonyl (C=O) groups is 2. The average molecular weight is 324 g/mol. The minimum absolute atomic E-state index is 0.0277. The molecule has 0 spiro atoms. The molecule has 1 heterocycles. The lowest BCUT2D eigenvalue weighted by molar-refractivity contribution is -0.129. The molecule has 0 unspecified atom stereocenters. The van der Waals surface area contributed by atoms with Crippen LogP contribution in [0.1, 0.15) is 54.2 Å². The first-order valence-corrected chi connectivity index (χ1v) is 8.27. The predicted octanol–water partition coefficient (Wildman–Crippen LogP) is 3.63. The lowest BCUT2D eigenvalue weighted by Gasteiger charge is -2.20. The van der Waals surface area contributed by atoms with Gasteiger partial charge in [0.25, 0.3) is 0 Å². The predicted molar refractivity (Wildman–Crippen MR) is 94.9 cm³/mol. The van der Waals surface area contributed by atoms with E-state index in [4.69, 9.17) is 0 Å². The lowest BCUT2D eigenvalue weighted by Crippen LogP contribution is -2.28. The first kappa shape index (κ1) is 17.9. The van der Waals surface area contributed by atoms with Crippen molar-refractivity contribution in [2.24, 2.45) is 0 Å². The second-order valence-electron chi connectivity index (χ2n) is 6.07. The van der Waals surface area contributed by atoms with Crippen LogP contribution in [0.2, 0.25) is 0 Å².